The molecular formula is C12H12N2O5S. The van der Waals surface area contributed by atoms with E-state index in [1.165, 1.54) is 31.7 Å². The van der Waals surface area contributed by atoms with E-state index in [2.05, 4.69) is 19.1 Å². The number of hydrogen-bond donors (Lipinski definition) is 1. The summed E-state index contributed by atoms with van der Waals surface area (Å²) in [5, 5.41) is 3.40. The number of sulfonamides is 1. The molecule has 0 radical (unpaired) electrons. The molecule has 2 rings (SSSR count). The van der Waals surface area contributed by atoms with Crippen LogP contribution < -0.4 is 4.72 Å². The molecule has 1 aromatic carbocycles. The number of anilines is 1. The number of esters is 1. The van der Waals surface area contributed by atoms with Gasteiger partial charge in [0.25, 0.3) is 10.0 Å². The molecule has 0 amide bonds. The Morgan fingerprint density at radius 3 is 2.60 bits per heavy atom. The Hall–Kier alpha value is -2.35. The quantitative estimate of drug-likeness (QED) is 0.832. The van der Waals surface area contributed by atoms with Crippen LogP contribution in [0.5, 0.6) is 0 Å². The number of aromatic nitrogens is 1. The van der Waals surface area contributed by atoms with Crippen molar-refractivity contribution in [3.8, 4) is 0 Å². The standard InChI is InChI=1S/C12H12N2O5S/c1-18-12(15)6-9-2-4-11(5-3-9)20(16,17)14-10-7-13-19-8-10/h2-5,7-8,14H,6H2,1H3. The molecule has 7 nitrogen and oxygen atoms in total. The minimum atomic E-state index is -3.70. The molecule has 8 heteroatoms. The minimum Gasteiger partial charge on any atom is -0.469 e. The number of rotatable bonds is 5. The van der Waals surface area contributed by atoms with E-state index >= 15 is 0 Å². The molecular weight excluding hydrogens is 284 g/mol. The van der Waals surface area contributed by atoms with E-state index in [9.17, 15) is 13.2 Å². The third kappa shape index (κ3) is 3.35. The third-order valence-electron chi connectivity index (χ3n) is 2.49. The number of carbonyl (C=O) groups excluding carboxylic acids is 1. The number of benzene rings is 1. The average molecular weight is 296 g/mol. The molecule has 1 N–H and O–H groups in total. The van der Waals surface area contributed by atoms with Gasteiger partial charge in [-0.15, -0.1) is 0 Å². The van der Waals surface area contributed by atoms with Crippen molar-refractivity contribution in [1.29, 1.82) is 0 Å². The van der Waals surface area contributed by atoms with Gasteiger partial charge >= 0.3 is 5.97 Å². The summed E-state index contributed by atoms with van der Waals surface area (Å²) in [4.78, 5) is 11.2. The zero-order valence-electron chi connectivity index (χ0n) is 10.6. The fourth-order valence-corrected chi connectivity index (χ4v) is 2.52. The Bertz CT molecular complexity index is 677. The number of ether oxygens (including phenoxy) is 1. The predicted octanol–water partition coefficient (Wildman–Crippen LogP) is 1.19. The van der Waals surface area contributed by atoms with Gasteiger partial charge in [0.1, 0.15) is 12.0 Å². The number of methoxy groups -OCH3 is 1. The summed E-state index contributed by atoms with van der Waals surface area (Å²) < 4.78 is 35.4. The lowest BCUT2D eigenvalue weighted by Gasteiger charge is -2.06. The number of carbonyl (C=O) groups is 1. The molecule has 0 unspecified atom stereocenters. The highest BCUT2D eigenvalue weighted by atomic mass is 32.2. The second-order valence-corrected chi connectivity index (χ2v) is 5.60. The Balaban J connectivity index is 2.14. The van der Waals surface area contributed by atoms with Crippen LogP contribution in [0.2, 0.25) is 0 Å². The van der Waals surface area contributed by atoms with Gasteiger partial charge in [0.2, 0.25) is 0 Å². The van der Waals surface area contributed by atoms with E-state index in [0.29, 0.717) is 5.56 Å². The maximum atomic E-state index is 12.0. The maximum Gasteiger partial charge on any atom is 0.309 e. The van der Waals surface area contributed by atoms with Crippen molar-refractivity contribution in [2.75, 3.05) is 11.8 Å². The van der Waals surface area contributed by atoms with Crippen molar-refractivity contribution in [3.05, 3.63) is 42.3 Å². The first-order valence-corrected chi connectivity index (χ1v) is 7.07. The zero-order chi connectivity index (χ0) is 14.6. The van der Waals surface area contributed by atoms with Gasteiger partial charge in [-0.1, -0.05) is 17.3 Å². The molecule has 106 valence electrons. The second-order valence-electron chi connectivity index (χ2n) is 3.92. The van der Waals surface area contributed by atoms with Crippen LogP contribution in [0.1, 0.15) is 5.56 Å². The van der Waals surface area contributed by atoms with Crippen molar-refractivity contribution >= 4 is 21.7 Å². The lowest BCUT2D eigenvalue weighted by molar-refractivity contribution is -0.139. The van der Waals surface area contributed by atoms with Crippen LogP contribution in [0.4, 0.5) is 5.69 Å². The Morgan fingerprint density at radius 1 is 1.35 bits per heavy atom. The minimum absolute atomic E-state index is 0.0762. The van der Waals surface area contributed by atoms with E-state index in [1.54, 1.807) is 12.1 Å². The van der Waals surface area contributed by atoms with E-state index in [4.69, 9.17) is 0 Å². The monoisotopic (exact) mass is 296 g/mol. The topological polar surface area (TPSA) is 98.5 Å². The molecule has 0 bridgehead atoms. The zero-order valence-corrected chi connectivity index (χ0v) is 11.4. The van der Waals surface area contributed by atoms with Crippen molar-refractivity contribution in [3.63, 3.8) is 0 Å². The second kappa shape index (κ2) is 5.74. The van der Waals surface area contributed by atoms with Crippen LogP contribution in [0.3, 0.4) is 0 Å². The summed E-state index contributed by atoms with van der Waals surface area (Å²) in [5.74, 6) is -0.386. The van der Waals surface area contributed by atoms with E-state index in [1.807, 2.05) is 0 Å². The van der Waals surface area contributed by atoms with Crippen molar-refractivity contribution in [1.82, 2.24) is 5.16 Å². The normalized spacial score (nSPS) is 11.1. The summed E-state index contributed by atoms with van der Waals surface area (Å²) in [6, 6.07) is 5.93. The maximum absolute atomic E-state index is 12.0. The molecule has 0 aliphatic rings. The van der Waals surface area contributed by atoms with Crippen LogP contribution in [0, 0.1) is 0 Å². The molecule has 2 aromatic rings. The highest BCUT2D eigenvalue weighted by Gasteiger charge is 2.15. The van der Waals surface area contributed by atoms with Crippen molar-refractivity contribution < 1.29 is 22.5 Å². The fraction of sp³-hybridized carbons (Fsp3) is 0.167. The first-order chi connectivity index (χ1) is 9.51. The molecule has 20 heavy (non-hydrogen) atoms. The van der Waals surface area contributed by atoms with Crippen LogP contribution in [-0.4, -0.2) is 26.7 Å². The van der Waals surface area contributed by atoms with Gasteiger partial charge in [-0.2, -0.15) is 0 Å². The lowest BCUT2D eigenvalue weighted by Crippen LogP contribution is -2.12. The van der Waals surface area contributed by atoms with E-state index in [-0.39, 0.29) is 23.0 Å². The Labute approximate surface area is 115 Å². The average Bonchev–Trinajstić information content (AvgIpc) is 2.91. The Kier molecular flexibility index (Phi) is 4.04. The molecule has 0 aliphatic heterocycles. The third-order valence-corrected chi connectivity index (χ3v) is 3.89. The first kappa shape index (κ1) is 14.1. The van der Waals surface area contributed by atoms with Crippen molar-refractivity contribution in [2.45, 2.75) is 11.3 Å². The summed E-state index contributed by atoms with van der Waals surface area (Å²) in [6.07, 6.45) is 2.53. The van der Waals surface area contributed by atoms with Gasteiger partial charge < -0.3 is 9.26 Å². The molecule has 0 atom stereocenters. The van der Waals surface area contributed by atoms with Crippen LogP contribution in [0.25, 0.3) is 0 Å². The van der Waals surface area contributed by atoms with Gasteiger partial charge in [0.15, 0.2) is 0 Å². The predicted molar refractivity (Wildman–Crippen MR) is 69.5 cm³/mol. The van der Waals surface area contributed by atoms with Gasteiger partial charge in [0.05, 0.1) is 24.6 Å². The fourth-order valence-electron chi connectivity index (χ4n) is 1.49. The molecule has 1 aromatic heterocycles. The molecule has 0 aliphatic carbocycles. The van der Waals surface area contributed by atoms with Crippen LogP contribution in [-0.2, 0) is 26.0 Å². The van der Waals surface area contributed by atoms with Gasteiger partial charge in [-0.05, 0) is 17.7 Å². The van der Waals surface area contributed by atoms with E-state index < -0.39 is 10.0 Å². The SMILES string of the molecule is COC(=O)Cc1ccc(S(=O)(=O)Nc2cnoc2)cc1. The smallest absolute Gasteiger partial charge is 0.309 e. The molecule has 0 saturated carbocycles. The highest BCUT2D eigenvalue weighted by Crippen LogP contribution is 2.16. The number of nitrogens with zero attached hydrogens (tertiary/aromatic N) is 1. The molecule has 0 spiro atoms. The molecule has 1 heterocycles. The summed E-state index contributed by atoms with van der Waals surface area (Å²) in [5.41, 5.74) is 0.907. The summed E-state index contributed by atoms with van der Waals surface area (Å²) >= 11 is 0. The summed E-state index contributed by atoms with van der Waals surface area (Å²) in [6.45, 7) is 0. The largest absolute Gasteiger partial charge is 0.469 e. The van der Waals surface area contributed by atoms with Gasteiger partial charge in [0, 0.05) is 0 Å². The number of nitrogens with one attached hydrogen (secondary N) is 1. The highest BCUT2D eigenvalue weighted by molar-refractivity contribution is 7.92. The number of hydrogen-bond acceptors (Lipinski definition) is 6. The van der Waals surface area contributed by atoms with Crippen LogP contribution in [0.15, 0.2) is 46.1 Å². The first-order valence-electron chi connectivity index (χ1n) is 5.59. The van der Waals surface area contributed by atoms with E-state index in [0.717, 1.165) is 0 Å². The molecule has 0 saturated heterocycles. The van der Waals surface area contributed by atoms with Gasteiger partial charge in [-0.3, -0.25) is 9.52 Å². The Morgan fingerprint density at radius 2 is 2.05 bits per heavy atom. The lowest BCUT2D eigenvalue weighted by atomic mass is 10.2. The van der Waals surface area contributed by atoms with Crippen LogP contribution >= 0.6 is 0 Å². The van der Waals surface area contributed by atoms with Gasteiger partial charge in [-0.25, -0.2) is 8.42 Å². The van der Waals surface area contributed by atoms with Crippen molar-refractivity contribution in [2.24, 2.45) is 0 Å². The summed E-state index contributed by atoms with van der Waals surface area (Å²) in [7, 11) is -2.40. The molecule has 0 fully saturated rings.